The lowest BCUT2D eigenvalue weighted by molar-refractivity contribution is -0.137. The monoisotopic (exact) mass is 461 g/mol. The summed E-state index contributed by atoms with van der Waals surface area (Å²) in [4.78, 5) is 13.6. The highest BCUT2D eigenvalue weighted by Gasteiger charge is 2.32. The molecule has 1 unspecified atom stereocenters. The smallest absolute Gasteiger partial charge is 0.304 e. The number of hydrogen-bond donors (Lipinski definition) is 1. The molecule has 0 saturated carbocycles. The molecule has 0 fully saturated rings. The van der Waals surface area contributed by atoms with E-state index in [0.717, 1.165) is 49.4 Å². The van der Waals surface area contributed by atoms with E-state index in [2.05, 4.69) is 39.2 Å². The Labute approximate surface area is 175 Å². The first-order valence-corrected chi connectivity index (χ1v) is 10.6. The molecule has 0 spiro atoms. The van der Waals surface area contributed by atoms with Crippen molar-refractivity contribution in [3.8, 4) is 0 Å². The van der Waals surface area contributed by atoms with Gasteiger partial charge in [-0.25, -0.2) is 0 Å². The normalized spacial score (nSPS) is 15.9. The van der Waals surface area contributed by atoms with Gasteiger partial charge in [0.15, 0.2) is 0 Å². The van der Waals surface area contributed by atoms with Gasteiger partial charge in [-0.3, -0.25) is 4.79 Å². The average molecular weight is 463 g/mol. The van der Waals surface area contributed by atoms with E-state index >= 15 is 0 Å². The molecule has 1 aromatic heterocycles. The lowest BCUT2D eigenvalue weighted by Crippen LogP contribution is -2.04. The van der Waals surface area contributed by atoms with E-state index in [-0.39, 0.29) is 12.3 Å². The number of nitrogens with zero attached hydrogens (tertiary/aromatic N) is 1. The second kappa shape index (κ2) is 7.38. The minimum atomic E-state index is -0.757. The fourth-order valence-electron chi connectivity index (χ4n) is 3.75. The summed E-state index contributed by atoms with van der Waals surface area (Å²) in [6.45, 7) is 4.72. The molecule has 6 heteroatoms. The van der Waals surface area contributed by atoms with Gasteiger partial charge in [0.05, 0.1) is 11.9 Å². The third-order valence-electron chi connectivity index (χ3n) is 4.91. The van der Waals surface area contributed by atoms with E-state index in [9.17, 15) is 9.90 Å². The molecule has 3 aromatic rings. The van der Waals surface area contributed by atoms with Crippen molar-refractivity contribution >= 4 is 62.2 Å². The van der Waals surface area contributed by atoms with Gasteiger partial charge in [0, 0.05) is 42.8 Å². The Morgan fingerprint density at radius 2 is 2.11 bits per heavy atom. The number of halogens is 2. The van der Waals surface area contributed by atoms with Crippen LogP contribution in [0.1, 0.15) is 30.0 Å². The van der Waals surface area contributed by atoms with Crippen molar-refractivity contribution in [2.75, 3.05) is 0 Å². The summed E-state index contributed by atoms with van der Waals surface area (Å²) in [5.41, 5.74) is 3.28. The first-order valence-electron chi connectivity index (χ1n) is 8.61. The molecule has 0 amide bonds. The zero-order valence-electron chi connectivity index (χ0n) is 14.4. The minimum Gasteiger partial charge on any atom is -0.481 e. The Morgan fingerprint density at radius 3 is 2.78 bits per heavy atom. The van der Waals surface area contributed by atoms with Crippen LogP contribution in [-0.2, 0) is 11.3 Å². The summed E-state index contributed by atoms with van der Waals surface area (Å²) in [7, 11) is 0. The Bertz CT molecular complexity index is 1060. The number of carboxylic acids is 1. The molecule has 27 heavy (non-hydrogen) atoms. The van der Waals surface area contributed by atoms with Crippen molar-refractivity contribution in [1.29, 1.82) is 0 Å². The van der Waals surface area contributed by atoms with Crippen molar-refractivity contribution in [2.24, 2.45) is 0 Å². The van der Waals surface area contributed by atoms with Crippen LogP contribution in [-0.4, -0.2) is 15.6 Å². The molecule has 1 atom stereocenters. The van der Waals surface area contributed by atoms with Gasteiger partial charge in [-0.1, -0.05) is 51.9 Å². The molecule has 2 heterocycles. The number of aliphatic carboxylic acids is 1. The van der Waals surface area contributed by atoms with Crippen molar-refractivity contribution < 1.29 is 9.90 Å². The first kappa shape index (κ1) is 18.7. The van der Waals surface area contributed by atoms with Gasteiger partial charge in [0.1, 0.15) is 0 Å². The SMILES string of the molecule is C=Cc1cc(Br)c2c(Sc3ccc(Cl)cc3)c3n(c2c1)CCC3CC(=O)O. The zero-order chi connectivity index (χ0) is 19.1. The van der Waals surface area contributed by atoms with E-state index in [4.69, 9.17) is 11.6 Å². The number of rotatable bonds is 5. The highest BCUT2D eigenvalue weighted by atomic mass is 79.9. The summed E-state index contributed by atoms with van der Waals surface area (Å²) in [5.74, 6) is -0.740. The first-order chi connectivity index (χ1) is 13.0. The number of carboxylic acid groups (broad SMARTS) is 1. The molecular weight excluding hydrogens is 446 g/mol. The molecule has 1 N–H and O–H groups in total. The maximum absolute atomic E-state index is 11.4. The van der Waals surface area contributed by atoms with Gasteiger partial charge in [-0.2, -0.15) is 0 Å². The van der Waals surface area contributed by atoms with Crippen LogP contribution in [0.15, 0.2) is 57.2 Å². The topological polar surface area (TPSA) is 42.2 Å². The number of fused-ring (bicyclic) bond motifs is 3. The second-order valence-electron chi connectivity index (χ2n) is 6.61. The molecule has 0 radical (unpaired) electrons. The Balaban J connectivity index is 1.93. The third kappa shape index (κ3) is 3.44. The van der Waals surface area contributed by atoms with E-state index in [0.29, 0.717) is 5.02 Å². The Morgan fingerprint density at radius 1 is 1.37 bits per heavy atom. The van der Waals surface area contributed by atoms with E-state index in [1.165, 1.54) is 0 Å². The summed E-state index contributed by atoms with van der Waals surface area (Å²) < 4.78 is 3.28. The van der Waals surface area contributed by atoms with Crippen LogP contribution in [0.25, 0.3) is 17.0 Å². The molecular formula is C21H17BrClNO2S. The third-order valence-corrected chi connectivity index (χ3v) is 6.91. The Hall–Kier alpha value is -1.69. The number of hydrogen-bond acceptors (Lipinski definition) is 2. The fourth-order valence-corrected chi connectivity index (χ4v) is 5.88. The highest BCUT2D eigenvalue weighted by molar-refractivity contribution is 9.10. The van der Waals surface area contributed by atoms with Crippen LogP contribution >= 0.6 is 39.3 Å². The highest BCUT2D eigenvalue weighted by Crippen LogP contribution is 2.49. The van der Waals surface area contributed by atoms with Crippen molar-refractivity contribution in [3.05, 3.63) is 63.7 Å². The molecule has 3 nitrogen and oxygen atoms in total. The van der Waals surface area contributed by atoms with Crippen LogP contribution in [0.5, 0.6) is 0 Å². The van der Waals surface area contributed by atoms with E-state index in [1.54, 1.807) is 11.8 Å². The lowest BCUT2D eigenvalue weighted by Gasteiger charge is -2.11. The van der Waals surface area contributed by atoms with Gasteiger partial charge < -0.3 is 9.67 Å². The molecule has 138 valence electrons. The number of benzene rings is 2. The fraction of sp³-hybridized carbons (Fsp3) is 0.190. The largest absolute Gasteiger partial charge is 0.481 e. The average Bonchev–Trinajstić information content (AvgIpc) is 3.16. The molecule has 1 aliphatic heterocycles. The summed E-state index contributed by atoms with van der Waals surface area (Å²) in [6.07, 6.45) is 2.83. The maximum atomic E-state index is 11.4. The minimum absolute atomic E-state index is 0.0174. The molecule has 1 aliphatic rings. The van der Waals surface area contributed by atoms with Gasteiger partial charge in [-0.15, -0.1) is 0 Å². The van der Waals surface area contributed by atoms with Crippen LogP contribution in [0.2, 0.25) is 5.02 Å². The quantitative estimate of drug-likeness (QED) is 0.452. The van der Waals surface area contributed by atoms with Gasteiger partial charge in [0.2, 0.25) is 0 Å². The van der Waals surface area contributed by atoms with E-state index in [1.807, 2.05) is 30.3 Å². The van der Waals surface area contributed by atoms with Crippen molar-refractivity contribution in [1.82, 2.24) is 4.57 Å². The number of aromatic nitrogens is 1. The maximum Gasteiger partial charge on any atom is 0.304 e. The standard InChI is InChI=1S/C21H17BrClNO2S/c1-2-12-9-16(22)19-17(10-12)24-8-7-13(11-18(25)26)20(24)21(19)27-15-5-3-14(23)4-6-15/h2-6,9-10,13H,1,7-8,11H2,(H,25,26). The number of carbonyl (C=O) groups is 1. The summed E-state index contributed by atoms with van der Waals surface area (Å²) >= 11 is 11.4. The molecule has 0 saturated heterocycles. The Kier molecular flexibility index (Phi) is 5.10. The van der Waals surface area contributed by atoms with E-state index < -0.39 is 5.97 Å². The summed E-state index contributed by atoms with van der Waals surface area (Å²) in [6, 6.07) is 11.9. The van der Waals surface area contributed by atoms with Crippen molar-refractivity contribution in [3.63, 3.8) is 0 Å². The molecule has 0 aliphatic carbocycles. The summed E-state index contributed by atoms with van der Waals surface area (Å²) in [5, 5.41) is 11.2. The van der Waals surface area contributed by atoms with Gasteiger partial charge in [-0.05, 0) is 48.4 Å². The van der Waals surface area contributed by atoms with Crippen LogP contribution in [0.3, 0.4) is 0 Å². The zero-order valence-corrected chi connectivity index (χ0v) is 17.6. The number of aryl methyl sites for hydroxylation is 1. The van der Waals surface area contributed by atoms with Crippen molar-refractivity contribution in [2.45, 2.75) is 35.1 Å². The predicted octanol–water partition coefficient (Wildman–Crippen LogP) is 6.81. The lowest BCUT2D eigenvalue weighted by atomic mass is 10.00. The van der Waals surface area contributed by atoms with Crippen LogP contribution < -0.4 is 0 Å². The molecule has 0 bridgehead atoms. The van der Waals surface area contributed by atoms with Gasteiger partial charge in [0.25, 0.3) is 0 Å². The molecule has 4 rings (SSSR count). The van der Waals surface area contributed by atoms with Crippen LogP contribution in [0.4, 0.5) is 0 Å². The van der Waals surface area contributed by atoms with Gasteiger partial charge >= 0.3 is 5.97 Å². The van der Waals surface area contributed by atoms with Crippen LogP contribution in [0, 0.1) is 0 Å². The second-order valence-corrected chi connectivity index (χ2v) is 8.98. The predicted molar refractivity (Wildman–Crippen MR) is 115 cm³/mol. The molecule has 2 aromatic carbocycles.